The predicted molar refractivity (Wildman–Crippen MR) is 192 cm³/mol. The summed E-state index contributed by atoms with van der Waals surface area (Å²) in [5, 5.41) is 9.95. The topological polar surface area (TPSA) is 131 Å². The van der Waals surface area contributed by atoms with Crippen molar-refractivity contribution in [3.63, 3.8) is 0 Å². The molecule has 0 spiro atoms. The largest absolute Gasteiger partial charge is 0.325 e. The van der Waals surface area contributed by atoms with E-state index in [1.165, 1.54) is 44.9 Å². The molecule has 0 fully saturated rings. The summed E-state index contributed by atoms with van der Waals surface area (Å²) in [7, 11) is 0. The molecule has 43 heavy (non-hydrogen) atoms. The van der Waals surface area contributed by atoms with Gasteiger partial charge in [0.2, 0.25) is 0 Å². The number of rotatable bonds is 30. The molecular weight excluding hydrogens is 530 g/mol. The highest BCUT2D eigenvalue weighted by Gasteiger charge is 2.61. The highest BCUT2D eigenvalue weighted by Crippen LogP contribution is 2.42. The predicted octanol–water partition coefficient (Wildman–Crippen LogP) is 7.81. The second kappa shape index (κ2) is 23.1. The number of nitrogens with one attached hydrogen (secondary N) is 2. The lowest BCUT2D eigenvalue weighted by Crippen LogP contribution is -2.88. The molecule has 4 unspecified atom stereocenters. The molecule has 260 valence electrons. The molecule has 0 heterocycles. The first kappa shape index (κ1) is 42.7. The van der Waals surface area contributed by atoms with Crippen molar-refractivity contribution in [2.75, 3.05) is 13.1 Å². The third-order valence-corrected chi connectivity index (χ3v) is 9.85. The first-order chi connectivity index (χ1) is 20.4. The molecule has 4 atom stereocenters. The van der Waals surface area contributed by atoms with Gasteiger partial charge in [-0.25, -0.2) is 5.01 Å². The van der Waals surface area contributed by atoms with E-state index in [1.54, 1.807) is 0 Å². The number of unbranched alkanes of at least 4 members (excludes halogenated alkanes) is 8. The smallest absolute Gasteiger partial charge is 0.103 e. The second-order valence-corrected chi connectivity index (χ2v) is 14.3. The minimum Gasteiger partial charge on any atom is -0.325 e. The van der Waals surface area contributed by atoms with Crippen LogP contribution in [0.4, 0.5) is 0 Å². The van der Waals surface area contributed by atoms with E-state index in [1.807, 2.05) is 5.01 Å². The molecular formula is C36H81N7. The minimum absolute atomic E-state index is 0.131. The van der Waals surface area contributed by atoms with Crippen molar-refractivity contribution in [2.24, 2.45) is 23.0 Å². The van der Waals surface area contributed by atoms with Crippen molar-refractivity contribution in [2.45, 2.75) is 219 Å². The quantitative estimate of drug-likeness (QED) is 0.0211. The minimum atomic E-state index is -0.806. The molecule has 0 saturated heterocycles. The molecule has 10 N–H and O–H groups in total. The van der Waals surface area contributed by atoms with Crippen LogP contribution in [0.3, 0.4) is 0 Å². The number of hydrogen-bond acceptors (Lipinski definition) is 7. The van der Waals surface area contributed by atoms with E-state index in [2.05, 4.69) is 66.0 Å². The summed E-state index contributed by atoms with van der Waals surface area (Å²) >= 11 is 0. The Morgan fingerprint density at radius 1 is 0.558 bits per heavy atom. The van der Waals surface area contributed by atoms with Crippen LogP contribution < -0.4 is 33.7 Å². The van der Waals surface area contributed by atoms with Gasteiger partial charge in [0.25, 0.3) is 0 Å². The zero-order valence-electron chi connectivity index (χ0n) is 30.6. The fraction of sp³-hybridized carbons (Fsp3) is 1.00. The van der Waals surface area contributed by atoms with E-state index < -0.39 is 16.9 Å². The Hall–Kier alpha value is -0.280. The normalized spacial score (nSPS) is 18.0. The first-order valence-electron chi connectivity index (χ1n) is 18.8. The van der Waals surface area contributed by atoms with Crippen LogP contribution >= 0.6 is 0 Å². The van der Waals surface area contributed by atoms with Gasteiger partial charge in [0.05, 0.1) is 11.2 Å². The van der Waals surface area contributed by atoms with Gasteiger partial charge in [-0.1, -0.05) is 119 Å². The summed E-state index contributed by atoms with van der Waals surface area (Å²) in [6.45, 7) is 19.5. The van der Waals surface area contributed by atoms with E-state index in [0.29, 0.717) is 0 Å². The van der Waals surface area contributed by atoms with Crippen LogP contribution in [0.1, 0.15) is 190 Å². The lowest BCUT2D eigenvalue weighted by Gasteiger charge is -2.61. The SMILES string of the molecule is CCCCCCC(N)(CCCCC)CCCC(N)(NC(C)C)C(CCCC)(NCCCC)C(N)(CCCC)N(N)CCC. The molecule has 0 aliphatic carbocycles. The van der Waals surface area contributed by atoms with Gasteiger partial charge in [-0.3, -0.25) is 11.2 Å². The second-order valence-electron chi connectivity index (χ2n) is 14.3. The monoisotopic (exact) mass is 612 g/mol. The molecule has 7 nitrogen and oxygen atoms in total. The third kappa shape index (κ3) is 13.9. The van der Waals surface area contributed by atoms with Gasteiger partial charge >= 0.3 is 0 Å². The van der Waals surface area contributed by atoms with Gasteiger partial charge in [0.1, 0.15) is 5.66 Å². The molecule has 0 aromatic carbocycles. The molecule has 7 heteroatoms. The van der Waals surface area contributed by atoms with Crippen molar-refractivity contribution < 1.29 is 0 Å². The van der Waals surface area contributed by atoms with E-state index in [9.17, 15) is 0 Å². The fourth-order valence-electron chi connectivity index (χ4n) is 7.28. The molecule has 0 amide bonds. The van der Waals surface area contributed by atoms with Gasteiger partial charge in [0, 0.05) is 18.1 Å². The van der Waals surface area contributed by atoms with Crippen LogP contribution in [0.5, 0.6) is 0 Å². The molecule has 0 bridgehead atoms. The van der Waals surface area contributed by atoms with Gasteiger partial charge < -0.3 is 22.5 Å². The summed E-state index contributed by atoms with van der Waals surface area (Å²) in [5.74, 6) is 7.00. The zero-order valence-corrected chi connectivity index (χ0v) is 30.6. The van der Waals surface area contributed by atoms with Gasteiger partial charge in [-0.05, 0) is 78.2 Å². The molecule has 0 saturated carbocycles. The Kier molecular flexibility index (Phi) is 23.0. The zero-order chi connectivity index (χ0) is 32.8. The number of hydrogen-bond donors (Lipinski definition) is 6. The number of hydrazine groups is 1. The van der Waals surface area contributed by atoms with E-state index in [0.717, 1.165) is 103 Å². The molecule has 0 aliphatic heterocycles. The maximum absolute atomic E-state index is 7.81. The lowest BCUT2D eigenvalue weighted by atomic mass is 9.65. The number of nitrogens with zero attached hydrogens (tertiary/aromatic N) is 1. The Morgan fingerprint density at radius 3 is 1.60 bits per heavy atom. The van der Waals surface area contributed by atoms with Crippen molar-refractivity contribution in [1.29, 1.82) is 0 Å². The number of nitrogens with two attached hydrogens (primary N) is 4. The maximum Gasteiger partial charge on any atom is 0.103 e. The fourth-order valence-corrected chi connectivity index (χ4v) is 7.28. The third-order valence-electron chi connectivity index (χ3n) is 9.85. The van der Waals surface area contributed by atoms with Crippen LogP contribution in [-0.4, -0.2) is 46.5 Å². The van der Waals surface area contributed by atoms with E-state index >= 15 is 0 Å². The van der Waals surface area contributed by atoms with E-state index in [-0.39, 0.29) is 11.6 Å². The first-order valence-corrected chi connectivity index (χ1v) is 18.8. The van der Waals surface area contributed by atoms with Crippen molar-refractivity contribution in [1.82, 2.24) is 15.6 Å². The van der Waals surface area contributed by atoms with Crippen LogP contribution in [0, 0.1) is 0 Å². The Morgan fingerprint density at radius 2 is 1.07 bits per heavy atom. The Balaban J connectivity index is 6.76. The summed E-state index contributed by atoms with van der Waals surface area (Å²) in [5.41, 5.74) is 20.4. The molecule has 0 aromatic heterocycles. The van der Waals surface area contributed by atoms with Crippen molar-refractivity contribution in [3.8, 4) is 0 Å². The summed E-state index contributed by atoms with van der Waals surface area (Å²) < 4.78 is 0. The Labute approximate surface area is 270 Å². The van der Waals surface area contributed by atoms with Gasteiger partial charge in [-0.15, -0.1) is 0 Å². The van der Waals surface area contributed by atoms with Gasteiger partial charge in [0.15, 0.2) is 0 Å². The lowest BCUT2D eigenvalue weighted by molar-refractivity contribution is -0.0746. The summed E-state index contributed by atoms with van der Waals surface area (Å²) in [6.07, 6.45) is 22.7. The van der Waals surface area contributed by atoms with Gasteiger partial charge in [-0.2, -0.15) is 0 Å². The molecule has 0 radical (unpaired) electrons. The highest BCUT2D eigenvalue weighted by atomic mass is 15.5. The average Bonchev–Trinajstić information content (AvgIpc) is 2.95. The summed E-state index contributed by atoms with van der Waals surface area (Å²) in [6, 6.07) is 0.202. The van der Waals surface area contributed by atoms with Crippen LogP contribution in [0.15, 0.2) is 0 Å². The molecule has 0 rings (SSSR count). The van der Waals surface area contributed by atoms with E-state index in [4.69, 9.17) is 23.0 Å². The Bertz CT molecular complexity index is 662. The van der Waals surface area contributed by atoms with Crippen molar-refractivity contribution in [3.05, 3.63) is 0 Å². The van der Waals surface area contributed by atoms with Crippen LogP contribution in [-0.2, 0) is 0 Å². The average molecular weight is 612 g/mol. The van der Waals surface area contributed by atoms with Crippen LogP contribution in [0.2, 0.25) is 0 Å². The highest BCUT2D eigenvalue weighted by molar-refractivity contribution is 5.19. The standard InChI is InChI=1S/C36H81N7/c1-9-15-20-22-25-33(37,24-21-16-10-2)26-23-28-35(38,42-32(7)8)34(27-17-11-3,41-30-19-13-5)36(39,29-18-12-4)43(40)31-14-6/h32,41-42H,9-31,37-40H2,1-8H3. The maximum atomic E-state index is 7.81. The summed E-state index contributed by atoms with van der Waals surface area (Å²) in [4.78, 5) is 0. The molecule has 0 aliphatic rings. The van der Waals surface area contributed by atoms with Crippen molar-refractivity contribution >= 4 is 0 Å². The van der Waals surface area contributed by atoms with Crippen LogP contribution in [0.25, 0.3) is 0 Å². The molecule has 0 aromatic rings.